The third-order valence-corrected chi connectivity index (χ3v) is 7.18. The summed E-state index contributed by atoms with van der Waals surface area (Å²) in [6.07, 6.45) is 5.48. The number of methoxy groups -OCH3 is 1. The highest BCUT2D eigenvalue weighted by Crippen LogP contribution is 2.23. The van der Waals surface area contributed by atoms with E-state index in [2.05, 4.69) is 10.3 Å². The molecule has 0 unspecified atom stereocenters. The Hall–Kier alpha value is -2.21. The van der Waals surface area contributed by atoms with E-state index < -0.39 is 6.04 Å². The Morgan fingerprint density at radius 1 is 0.711 bits per heavy atom. The number of aromatic nitrogens is 2. The molecule has 2 aliphatic rings. The summed E-state index contributed by atoms with van der Waals surface area (Å²) in [7, 11) is 1.64. The second-order valence-corrected chi connectivity index (χ2v) is 10.4. The molecule has 1 N–H and O–H groups in total. The van der Waals surface area contributed by atoms with Crippen LogP contribution in [0.15, 0.2) is 12.5 Å². The predicted octanol–water partition coefficient (Wildman–Crippen LogP) is -0.306. The monoisotopic (exact) mass is 644 g/mol. The van der Waals surface area contributed by atoms with Gasteiger partial charge in [-0.05, 0) is 12.8 Å². The van der Waals surface area contributed by atoms with Crippen LogP contribution in [0, 0.1) is 0 Å². The molecule has 3 rings (SSSR count). The molecule has 2 fully saturated rings. The fraction of sp³-hybridized carbons (Fsp3) is 0.833. The van der Waals surface area contributed by atoms with E-state index >= 15 is 0 Å². The van der Waals surface area contributed by atoms with Crippen molar-refractivity contribution >= 4 is 11.8 Å². The van der Waals surface area contributed by atoms with Gasteiger partial charge >= 0.3 is 0 Å². The Balaban J connectivity index is 1.03. The maximum atomic E-state index is 12.8. The van der Waals surface area contributed by atoms with Gasteiger partial charge < -0.3 is 57.4 Å². The molecule has 2 amide bonds. The van der Waals surface area contributed by atoms with E-state index in [-0.39, 0.29) is 17.9 Å². The van der Waals surface area contributed by atoms with Crippen LogP contribution >= 0.6 is 0 Å². The van der Waals surface area contributed by atoms with Crippen molar-refractivity contribution in [1.29, 1.82) is 0 Å². The standard InChI is InChI=1S/C30H52N4O11/c1-37-7-8-39-11-12-41-15-16-43-19-20-45-22-21-44-18-17-42-14-13-40-10-9-38-6-5-33-25-31-24-26(33)23-27-30(36)34-4-2-3-28(34)29(35)32-27/h24-25,27-28H,2-23H2,1H3,(H,32,35)/t27-,28-/m0/s1. The van der Waals surface area contributed by atoms with E-state index in [0.29, 0.717) is 132 Å². The highest BCUT2D eigenvalue weighted by molar-refractivity contribution is 5.97. The first-order valence-electron chi connectivity index (χ1n) is 15.9. The molecule has 2 atom stereocenters. The summed E-state index contributed by atoms with van der Waals surface area (Å²) in [4.78, 5) is 31.1. The Labute approximate surface area is 266 Å². The van der Waals surface area contributed by atoms with Crippen molar-refractivity contribution in [2.24, 2.45) is 0 Å². The minimum Gasteiger partial charge on any atom is -0.382 e. The topological polar surface area (TPSA) is 150 Å². The summed E-state index contributed by atoms with van der Waals surface area (Å²) in [6.45, 7) is 9.93. The normalized spacial score (nSPS) is 18.1. The second-order valence-electron chi connectivity index (χ2n) is 10.4. The quantitative estimate of drug-likeness (QED) is 0.114. The number of hydrogen-bond acceptors (Lipinski definition) is 12. The lowest BCUT2D eigenvalue weighted by Gasteiger charge is -2.34. The van der Waals surface area contributed by atoms with Gasteiger partial charge in [-0.1, -0.05) is 0 Å². The summed E-state index contributed by atoms with van der Waals surface area (Å²) in [6, 6.07) is -0.848. The summed E-state index contributed by atoms with van der Waals surface area (Å²) in [5.41, 5.74) is 0.888. The molecule has 1 aromatic heterocycles. The number of amides is 2. The molecule has 45 heavy (non-hydrogen) atoms. The molecule has 1 aromatic rings. The number of carbonyl (C=O) groups is 2. The molecule has 0 aromatic carbocycles. The highest BCUT2D eigenvalue weighted by atomic mass is 16.6. The molecule has 0 radical (unpaired) electrons. The number of nitrogens with one attached hydrogen (secondary N) is 1. The van der Waals surface area contributed by atoms with E-state index in [9.17, 15) is 9.59 Å². The Morgan fingerprint density at radius 2 is 1.18 bits per heavy atom. The Morgan fingerprint density at radius 3 is 1.67 bits per heavy atom. The van der Waals surface area contributed by atoms with Gasteiger partial charge in [-0.3, -0.25) is 9.59 Å². The molecule has 3 heterocycles. The number of nitrogens with zero attached hydrogens (tertiary/aromatic N) is 3. The smallest absolute Gasteiger partial charge is 0.246 e. The molecule has 0 bridgehead atoms. The van der Waals surface area contributed by atoms with Crippen LogP contribution in [0.3, 0.4) is 0 Å². The largest absolute Gasteiger partial charge is 0.382 e. The summed E-state index contributed by atoms with van der Waals surface area (Å²) < 4.78 is 50.7. The maximum Gasteiger partial charge on any atom is 0.246 e. The number of imidazole rings is 1. The maximum absolute atomic E-state index is 12.8. The first-order valence-corrected chi connectivity index (χ1v) is 15.9. The van der Waals surface area contributed by atoms with E-state index in [1.807, 2.05) is 4.57 Å². The van der Waals surface area contributed by atoms with Crippen LogP contribution in [-0.4, -0.2) is 164 Å². The molecular weight excluding hydrogens is 592 g/mol. The van der Waals surface area contributed by atoms with Crippen molar-refractivity contribution in [3.8, 4) is 0 Å². The van der Waals surface area contributed by atoms with Crippen LogP contribution in [0.4, 0.5) is 0 Å². The van der Waals surface area contributed by atoms with Crippen molar-refractivity contribution in [1.82, 2.24) is 19.8 Å². The number of rotatable bonds is 29. The van der Waals surface area contributed by atoms with E-state index in [1.54, 1.807) is 24.5 Å². The van der Waals surface area contributed by atoms with Gasteiger partial charge in [0.15, 0.2) is 0 Å². The van der Waals surface area contributed by atoms with Crippen molar-refractivity contribution in [3.05, 3.63) is 18.2 Å². The lowest BCUT2D eigenvalue weighted by atomic mass is 10.0. The predicted molar refractivity (Wildman–Crippen MR) is 161 cm³/mol. The van der Waals surface area contributed by atoms with E-state index in [0.717, 1.165) is 18.5 Å². The molecule has 2 saturated heterocycles. The average Bonchev–Trinajstić information content (AvgIpc) is 3.72. The minimum atomic E-state index is -0.546. The number of hydrogen-bond donors (Lipinski definition) is 1. The summed E-state index contributed by atoms with van der Waals surface area (Å²) >= 11 is 0. The summed E-state index contributed by atoms with van der Waals surface area (Å²) in [5, 5.41) is 2.89. The third-order valence-electron chi connectivity index (χ3n) is 7.18. The molecule has 0 saturated carbocycles. The molecule has 0 spiro atoms. The van der Waals surface area contributed by atoms with Crippen LogP contribution in [0.2, 0.25) is 0 Å². The van der Waals surface area contributed by atoms with Gasteiger partial charge in [0.1, 0.15) is 12.1 Å². The Kier molecular flexibility index (Phi) is 19.9. The van der Waals surface area contributed by atoms with Crippen LogP contribution < -0.4 is 5.32 Å². The van der Waals surface area contributed by atoms with E-state index in [4.69, 9.17) is 42.6 Å². The second kappa shape index (κ2) is 24.0. The van der Waals surface area contributed by atoms with Gasteiger partial charge in [-0.15, -0.1) is 0 Å². The van der Waals surface area contributed by atoms with Crippen molar-refractivity contribution in [2.75, 3.05) is 126 Å². The van der Waals surface area contributed by atoms with Gasteiger partial charge in [-0.25, -0.2) is 4.98 Å². The van der Waals surface area contributed by atoms with Crippen LogP contribution in [0.5, 0.6) is 0 Å². The average molecular weight is 645 g/mol. The SMILES string of the molecule is COCCOCCOCCOCCOCCOCCOCCOCCOCCn1cncc1C[C@@H]1NC(=O)[C@@H]2CCCN2C1=O. The highest BCUT2D eigenvalue weighted by Gasteiger charge is 2.43. The van der Waals surface area contributed by atoms with Gasteiger partial charge in [0, 0.05) is 38.5 Å². The zero-order chi connectivity index (χ0) is 31.8. The van der Waals surface area contributed by atoms with Gasteiger partial charge in [-0.2, -0.15) is 0 Å². The fourth-order valence-corrected chi connectivity index (χ4v) is 4.85. The van der Waals surface area contributed by atoms with Crippen molar-refractivity contribution in [3.63, 3.8) is 0 Å². The van der Waals surface area contributed by atoms with Crippen molar-refractivity contribution in [2.45, 2.75) is 37.9 Å². The molecular formula is C30H52N4O11. The lowest BCUT2D eigenvalue weighted by Crippen LogP contribution is -2.61. The van der Waals surface area contributed by atoms with Crippen LogP contribution in [0.1, 0.15) is 18.5 Å². The van der Waals surface area contributed by atoms with Gasteiger partial charge in [0.25, 0.3) is 0 Å². The number of carbonyl (C=O) groups excluding carboxylic acids is 2. The molecule has 0 aliphatic carbocycles. The lowest BCUT2D eigenvalue weighted by molar-refractivity contribution is -0.147. The van der Waals surface area contributed by atoms with Gasteiger partial charge in [0.05, 0.1) is 119 Å². The molecule has 258 valence electrons. The Bertz CT molecular complexity index is 922. The third kappa shape index (κ3) is 15.3. The first kappa shape index (κ1) is 37.2. The zero-order valence-electron chi connectivity index (χ0n) is 26.7. The zero-order valence-corrected chi connectivity index (χ0v) is 26.7. The number of piperazine rings is 1. The van der Waals surface area contributed by atoms with Gasteiger partial charge in [0.2, 0.25) is 11.8 Å². The molecule has 2 aliphatic heterocycles. The molecule has 15 nitrogen and oxygen atoms in total. The van der Waals surface area contributed by atoms with Crippen LogP contribution in [0.25, 0.3) is 0 Å². The number of ether oxygens (including phenoxy) is 9. The van der Waals surface area contributed by atoms with E-state index in [1.165, 1.54) is 0 Å². The summed E-state index contributed by atoms with van der Waals surface area (Å²) in [5.74, 6) is -0.0627. The number of fused-ring (bicyclic) bond motifs is 1. The van der Waals surface area contributed by atoms with Crippen molar-refractivity contribution < 1.29 is 52.2 Å². The fourth-order valence-electron chi connectivity index (χ4n) is 4.85. The molecule has 15 heteroatoms. The first-order chi connectivity index (χ1) is 22.2. The minimum absolute atomic E-state index is 0.00684. The van der Waals surface area contributed by atoms with Crippen LogP contribution in [-0.2, 0) is 65.2 Å².